The van der Waals surface area contributed by atoms with Crippen LogP contribution in [0.3, 0.4) is 0 Å². The summed E-state index contributed by atoms with van der Waals surface area (Å²) < 4.78 is 28.5. The molecule has 0 radical (unpaired) electrons. The van der Waals surface area contributed by atoms with Crippen LogP contribution in [0.1, 0.15) is 60.9 Å². The molecule has 4 aliphatic rings. The largest absolute Gasteiger partial charge is 0.481 e. The van der Waals surface area contributed by atoms with Crippen molar-refractivity contribution in [2.45, 2.75) is 75.6 Å². The predicted octanol–water partition coefficient (Wildman–Crippen LogP) is 5.91. The van der Waals surface area contributed by atoms with E-state index < -0.39 is 11.8 Å². The van der Waals surface area contributed by atoms with Gasteiger partial charge in [-0.2, -0.15) is 0 Å². The maximum absolute atomic E-state index is 15.6. The number of hydrogen-bond acceptors (Lipinski definition) is 8. The molecular weight excluding hydrogens is 695 g/mol. The number of carbonyl (C=O) groups is 3. The van der Waals surface area contributed by atoms with Crippen LogP contribution < -0.4 is 5.32 Å². The molecule has 3 aliphatic heterocycles. The summed E-state index contributed by atoms with van der Waals surface area (Å²) in [6.45, 7) is 6.34. The summed E-state index contributed by atoms with van der Waals surface area (Å²) in [5.74, 6) is -2.26. The van der Waals surface area contributed by atoms with Gasteiger partial charge in [0, 0.05) is 47.2 Å². The van der Waals surface area contributed by atoms with Crippen LogP contribution in [0, 0.1) is 11.7 Å². The number of carboxylic acids is 1. The van der Waals surface area contributed by atoms with Crippen LogP contribution in [0.4, 0.5) is 10.1 Å². The number of thiophene rings is 1. The molecule has 1 aliphatic carbocycles. The molecule has 0 spiro atoms. The van der Waals surface area contributed by atoms with Crippen molar-refractivity contribution in [1.29, 1.82) is 0 Å². The average molecular weight is 741 g/mol. The van der Waals surface area contributed by atoms with Crippen molar-refractivity contribution in [3.05, 3.63) is 63.7 Å². The number of nitrogens with zero attached hydrogens (tertiary/aromatic N) is 3. The Morgan fingerprint density at radius 3 is 2.45 bits per heavy atom. The summed E-state index contributed by atoms with van der Waals surface area (Å²) in [6, 6.07) is 10.8. The van der Waals surface area contributed by atoms with Gasteiger partial charge in [-0.1, -0.05) is 29.8 Å². The summed E-state index contributed by atoms with van der Waals surface area (Å²) in [5.41, 5.74) is 0.810. The number of fused-ring (bicyclic) bond motifs is 1. The van der Waals surface area contributed by atoms with Gasteiger partial charge in [0.25, 0.3) is 5.91 Å². The van der Waals surface area contributed by atoms with Crippen LogP contribution in [-0.2, 0) is 25.5 Å². The topological polar surface area (TPSA) is 112 Å². The van der Waals surface area contributed by atoms with Crippen LogP contribution in [-0.4, -0.2) is 114 Å². The highest BCUT2D eigenvalue weighted by molar-refractivity contribution is 7.17. The van der Waals surface area contributed by atoms with E-state index in [0.29, 0.717) is 50.4 Å². The van der Waals surface area contributed by atoms with E-state index >= 15 is 4.39 Å². The smallest absolute Gasteiger partial charge is 0.306 e. The number of amides is 2. The fourth-order valence-electron chi connectivity index (χ4n) is 8.33. The summed E-state index contributed by atoms with van der Waals surface area (Å²) in [6.07, 6.45) is 5.28. The van der Waals surface area contributed by atoms with E-state index in [9.17, 15) is 19.5 Å². The van der Waals surface area contributed by atoms with E-state index in [-0.39, 0.29) is 58.6 Å². The first-order chi connectivity index (χ1) is 24.7. The number of carbonyl (C=O) groups excluding carboxylic acids is 2. The van der Waals surface area contributed by atoms with Gasteiger partial charge in [0.1, 0.15) is 5.82 Å². The molecule has 2 N–H and O–H groups in total. The second kappa shape index (κ2) is 16.3. The first kappa shape index (κ1) is 36.2. The average Bonchev–Trinajstić information content (AvgIpc) is 3.79. The van der Waals surface area contributed by atoms with Crippen LogP contribution >= 0.6 is 22.9 Å². The Labute approximate surface area is 306 Å². The lowest BCUT2D eigenvalue weighted by atomic mass is 9.87. The second-order valence-corrected chi connectivity index (χ2v) is 15.7. The Hall–Kier alpha value is -3.13. The number of aliphatic carboxylic acids is 1. The molecule has 13 heteroatoms. The first-order valence-electron chi connectivity index (χ1n) is 18.2. The van der Waals surface area contributed by atoms with E-state index in [4.69, 9.17) is 21.1 Å². The molecule has 3 saturated heterocycles. The zero-order chi connectivity index (χ0) is 35.5. The van der Waals surface area contributed by atoms with Gasteiger partial charge in [0.05, 0.1) is 60.6 Å². The highest BCUT2D eigenvalue weighted by Crippen LogP contribution is 2.33. The number of nitrogens with one attached hydrogen (secondary N) is 1. The molecule has 0 bridgehead atoms. The monoisotopic (exact) mass is 740 g/mol. The number of ether oxygens (including phenoxy) is 2. The van der Waals surface area contributed by atoms with Crippen molar-refractivity contribution in [3.8, 4) is 0 Å². The quantitative estimate of drug-likeness (QED) is 0.264. The first-order valence-corrected chi connectivity index (χ1v) is 19.4. The lowest BCUT2D eigenvalue weighted by Crippen LogP contribution is -2.51. The van der Waals surface area contributed by atoms with Gasteiger partial charge in [-0.25, -0.2) is 4.39 Å². The van der Waals surface area contributed by atoms with Gasteiger partial charge in [-0.3, -0.25) is 24.2 Å². The lowest BCUT2D eigenvalue weighted by molar-refractivity contribution is -0.144. The number of carboxylic acid groups (broad SMARTS) is 1. The normalized spacial score (nSPS) is 25.3. The molecule has 4 fully saturated rings. The maximum Gasteiger partial charge on any atom is 0.306 e. The maximum atomic E-state index is 15.6. The highest BCUT2D eigenvalue weighted by Gasteiger charge is 2.40. The van der Waals surface area contributed by atoms with E-state index in [1.807, 2.05) is 29.2 Å². The van der Waals surface area contributed by atoms with Gasteiger partial charge in [-0.15, -0.1) is 11.3 Å². The van der Waals surface area contributed by atoms with Crippen LogP contribution in [0.2, 0.25) is 5.02 Å². The fourth-order valence-corrected chi connectivity index (χ4v) is 9.50. The molecule has 2 amide bonds. The van der Waals surface area contributed by atoms with Crippen molar-refractivity contribution in [1.82, 2.24) is 14.7 Å². The number of likely N-dealkylation sites (tertiary alicyclic amines) is 2. The number of hydrogen-bond donors (Lipinski definition) is 2. The lowest BCUT2D eigenvalue weighted by Gasteiger charge is -2.41. The molecule has 2 atom stereocenters. The number of benzene rings is 2. The standard InChI is InChI=1S/C38H46ClFN4O6S/c39-32-17-25(33(40)20-34(32)41-37(46)31-23-51-35-4-2-1-3-30(31)35)18-36(45)44-21-27(42-11-9-26(10-12-42)43-13-15-49-16-14-43)19-28(44)22-50-29-7-5-24(6-8-29)38(47)48/h1-4,17,20,23-24,26-29H,5-16,18-19,21-22H2,(H,41,46)(H,47,48)/t24?,27-,28-,29?/m0/s1. The van der Waals surface area contributed by atoms with E-state index in [1.54, 1.807) is 5.38 Å². The van der Waals surface area contributed by atoms with Crippen molar-refractivity contribution < 1.29 is 33.4 Å². The Morgan fingerprint density at radius 1 is 0.980 bits per heavy atom. The van der Waals surface area contributed by atoms with E-state index in [2.05, 4.69) is 15.1 Å². The number of anilines is 1. The summed E-state index contributed by atoms with van der Waals surface area (Å²) in [4.78, 5) is 45.4. The molecular formula is C38H46ClFN4O6S. The Kier molecular flexibility index (Phi) is 11.6. The van der Waals surface area contributed by atoms with Crippen LogP contribution in [0.15, 0.2) is 41.8 Å². The van der Waals surface area contributed by atoms with Gasteiger partial charge >= 0.3 is 5.97 Å². The SMILES string of the molecule is O=C(Nc1cc(F)c(CC(=O)N2C[C@@H](N3CCC(N4CCOCC4)CC3)C[C@H]2COC2CCC(C(=O)O)CC2)cc1Cl)c1csc2ccccc12. The third-order valence-electron chi connectivity index (χ3n) is 11.3. The van der Waals surface area contributed by atoms with Gasteiger partial charge in [0.15, 0.2) is 0 Å². The van der Waals surface area contributed by atoms with Gasteiger partial charge < -0.3 is 24.8 Å². The molecule has 10 nitrogen and oxygen atoms in total. The highest BCUT2D eigenvalue weighted by atomic mass is 35.5. The Balaban J connectivity index is 1.01. The zero-order valence-corrected chi connectivity index (χ0v) is 30.3. The minimum absolute atomic E-state index is 0.0352. The second-order valence-electron chi connectivity index (χ2n) is 14.4. The molecule has 1 saturated carbocycles. The molecule has 1 aromatic heterocycles. The van der Waals surface area contributed by atoms with E-state index in [0.717, 1.165) is 68.7 Å². The molecule has 0 unspecified atom stereocenters. The zero-order valence-electron chi connectivity index (χ0n) is 28.7. The molecule has 274 valence electrons. The third-order valence-corrected chi connectivity index (χ3v) is 12.6. The summed E-state index contributed by atoms with van der Waals surface area (Å²) in [7, 11) is 0. The van der Waals surface area contributed by atoms with Gasteiger partial charge in [0.2, 0.25) is 5.91 Å². The minimum Gasteiger partial charge on any atom is -0.481 e. The van der Waals surface area contributed by atoms with Crippen molar-refractivity contribution in [3.63, 3.8) is 0 Å². The van der Waals surface area contributed by atoms with Crippen molar-refractivity contribution in [2.24, 2.45) is 5.92 Å². The van der Waals surface area contributed by atoms with Crippen LogP contribution in [0.5, 0.6) is 0 Å². The summed E-state index contributed by atoms with van der Waals surface area (Å²) in [5, 5.41) is 14.9. The molecule has 7 rings (SSSR count). The van der Waals surface area contributed by atoms with Crippen molar-refractivity contribution in [2.75, 3.05) is 57.9 Å². The number of morpholine rings is 1. The molecule has 4 heterocycles. The van der Waals surface area contributed by atoms with E-state index in [1.165, 1.54) is 23.5 Å². The number of rotatable bonds is 10. The minimum atomic E-state index is -0.750. The third kappa shape index (κ3) is 8.42. The molecule has 3 aromatic rings. The molecule has 2 aromatic carbocycles. The van der Waals surface area contributed by atoms with Crippen LogP contribution in [0.25, 0.3) is 10.1 Å². The molecule has 51 heavy (non-hydrogen) atoms. The fraction of sp³-hybridized carbons (Fsp3) is 0.553. The Morgan fingerprint density at radius 2 is 1.71 bits per heavy atom. The van der Waals surface area contributed by atoms with Gasteiger partial charge in [-0.05, 0) is 81.8 Å². The number of halogens is 2. The van der Waals surface area contributed by atoms with Crippen molar-refractivity contribution >= 4 is 56.5 Å². The predicted molar refractivity (Wildman–Crippen MR) is 195 cm³/mol. The number of piperidine rings is 1. The summed E-state index contributed by atoms with van der Waals surface area (Å²) >= 11 is 8.04. The Bertz CT molecular complexity index is 1720.